The average Bonchev–Trinajstić information content (AvgIpc) is 3.10. The molecule has 140 valence electrons. The molecule has 2 saturated heterocycles. The normalized spacial score (nSPS) is 21.6. The quantitative estimate of drug-likeness (QED) is 0.819. The van der Waals surface area contributed by atoms with E-state index < -0.39 is 5.60 Å². The lowest BCUT2D eigenvalue weighted by atomic mass is 9.90. The first-order valence-corrected chi connectivity index (χ1v) is 9.44. The Kier molecular flexibility index (Phi) is 6.34. The Balaban J connectivity index is 1.54. The Morgan fingerprint density at radius 1 is 1.04 bits per heavy atom. The molecule has 0 bridgehead atoms. The maximum absolute atomic E-state index is 10.9. The first kappa shape index (κ1) is 18.6. The van der Waals surface area contributed by atoms with Gasteiger partial charge in [-0.05, 0) is 56.5 Å². The fraction of sp³-hybridized carbons (Fsp3) is 0.700. The highest BCUT2D eigenvalue weighted by atomic mass is 16.5. The van der Waals surface area contributed by atoms with Gasteiger partial charge < -0.3 is 19.5 Å². The minimum absolute atomic E-state index is 0.498. The zero-order valence-corrected chi connectivity index (χ0v) is 15.7. The molecular formula is C20H32N2O3. The lowest BCUT2D eigenvalue weighted by Gasteiger charge is -2.40. The Labute approximate surface area is 151 Å². The molecular weight excluding hydrogens is 316 g/mol. The van der Waals surface area contributed by atoms with Crippen LogP contribution in [0, 0.1) is 0 Å². The second-order valence-corrected chi connectivity index (χ2v) is 7.56. The molecule has 2 aliphatic rings. The molecule has 0 aromatic heterocycles. The summed E-state index contributed by atoms with van der Waals surface area (Å²) in [5, 5.41) is 10.9. The zero-order chi connectivity index (χ0) is 17.7. The number of likely N-dealkylation sites (tertiary alicyclic amines) is 2. The van der Waals surface area contributed by atoms with E-state index >= 15 is 0 Å². The van der Waals surface area contributed by atoms with E-state index in [-0.39, 0.29) is 0 Å². The van der Waals surface area contributed by atoms with Crippen molar-refractivity contribution in [3.8, 4) is 5.75 Å². The molecule has 0 aliphatic carbocycles. The van der Waals surface area contributed by atoms with Gasteiger partial charge in [-0.3, -0.25) is 4.90 Å². The van der Waals surface area contributed by atoms with E-state index in [0.29, 0.717) is 6.61 Å². The van der Waals surface area contributed by atoms with E-state index in [2.05, 4.69) is 21.9 Å². The van der Waals surface area contributed by atoms with E-state index in [4.69, 9.17) is 9.47 Å². The summed E-state index contributed by atoms with van der Waals surface area (Å²) in [5.41, 5.74) is 1.87. The van der Waals surface area contributed by atoms with Crippen molar-refractivity contribution >= 4 is 0 Å². The van der Waals surface area contributed by atoms with Gasteiger partial charge in [-0.2, -0.15) is 0 Å². The zero-order valence-electron chi connectivity index (χ0n) is 15.7. The van der Waals surface area contributed by atoms with Gasteiger partial charge >= 0.3 is 0 Å². The number of methoxy groups -OCH3 is 2. The van der Waals surface area contributed by atoms with Crippen LogP contribution < -0.4 is 4.74 Å². The summed E-state index contributed by atoms with van der Waals surface area (Å²) < 4.78 is 10.7. The number of aliphatic hydroxyl groups is 1. The van der Waals surface area contributed by atoms with Crippen molar-refractivity contribution in [1.82, 2.24) is 9.80 Å². The van der Waals surface area contributed by atoms with Crippen LogP contribution in [0.3, 0.4) is 0 Å². The highest BCUT2D eigenvalue weighted by Gasteiger charge is 2.34. The lowest BCUT2D eigenvalue weighted by Crippen LogP contribution is -2.50. The highest BCUT2D eigenvalue weighted by molar-refractivity contribution is 5.37. The van der Waals surface area contributed by atoms with Crippen molar-refractivity contribution in [3.05, 3.63) is 29.3 Å². The van der Waals surface area contributed by atoms with Gasteiger partial charge in [-0.25, -0.2) is 0 Å². The van der Waals surface area contributed by atoms with Gasteiger partial charge in [-0.1, -0.05) is 6.07 Å². The lowest BCUT2D eigenvalue weighted by molar-refractivity contribution is -0.0430. The summed E-state index contributed by atoms with van der Waals surface area (Å²) in [4.78, 5) is 4.87. The summed E-state index contributed by atoms with van der Waals surface area (Å²) in [7, 11) is 3.40. The second-order valence-electron chi connectivity index (χ2n) is 7.56. The molecule has 0 spiro atoms. The molecule has 25 heavy (non-hydrogen) atoms. The van der Waals surface area contributed by atoms with Crippen molar-refractivity contribution in [3.63, 3.8) is 0 Å². The molecule has 5 nitrogen and oxygen atoms in total. The molecule has 0 radical (unpaired) electrons. The average molecular weight is 348 g/mol. The molecule has 0 unspecified atom stereocenters. The standard InChI is InChI=1S/C20H32N2O3/c1-24-15-18-13-17(5-6-19(18)25-2)14-21-11-7-20(23,8-12-21)16-22-9-3-4-10-22/h5-6,13,23H,3-4,7-12,14-16H2,1-2H3. The fourth-order valence-corrected chi connectivity index (χ4v) is 4.10. The summed E-state index contributed by atoms with van der Waals surface area (Å²) >= 11 is 0. The van der Waals surface area contributed by atoms with Crippen LogP contribution in [0.1, 0.15) is 36.8 Å². The number of hydrogen-bond acceptors (Lipinski definition) is 5. The Bertz CT molecular complexity index is 550. The summed E-state index contributed by atoms with van der Waals surface area (Å²) in [6.45, 7) is 6.54. The number of piperidine rings is 1. The number of benzene rings is 1. The third-order valence-electron chi connectivity index (χ3n) is 5.55. The summed E-state index contributed by atoms with van der Waals surface area (Å²) in [6.07, 6.45) is 4.29. The van der Waals surface area contributed by atoms with Crippen molar-refractivity contribution in [1.29, 1.82) is 0 Å². The second kappa shape index (κ2) is 8.49. The molecule has 5 heteroatoms. The molecule has 0 amide bonds. The van der Waals surface area contributed by atoms with Crippen LogP contribution >= 0.6 is 0 Å². The minimum atomic E-state index is -0.498. The Morgan fingerprint density at radius 3 is 2.40 bits per heavy atom. The van der Waals surface area contributed by atoms with Gasteiger partial charge in [0.1, 0.15) is 5.75 Å². The van der Waals surface area contributed by atoms with Crippen molar-refractivity contribution in [2.45, 2.75) is 44.4 Å². The molecule has 3 rings (SSSR count). The topological polar surface area (TPSA) is 45.2 Å². The molecule has 2 heterocycles. The van der Waals surface area contributed by atoms with E-state index in [1.54, 1.807) is 14.2 Å². The third kappa shape index (κ3) is 4.94. The summed E-state index contributed by atoms with van der Waals surface area (Å²) in [5.74, 6) is 0.879. The van der Waals surface area contributed by atoms with Crippen LogP contribution in [-0.2, 0) is 17.9 Å². The van der Waals surface area contributed by atoms with Crippen LogP contribution in [-0.4, -0.2) is 67.5 Å². The van der Waals surface area contributed by atoms with Crippen LogP contribution in [0.4, 0.5) is 0 Å². The van der Waals surface area contributed by atoms with E-state index in [0.717, 1.165) is 63.4 Å². The Hall–Kier alpha value is -1.14. The number of ether oxygens (including phenoxy) is 2. The highest BCUT2D eigenvalue weighted by Crippen LogP contribution is 2.27. The first-order valence-electron chi connectivity index (χ1n) is 9.44. The van der Waals surface area contributed by atoms with Crippen LogP contribution in [0.5, 0.6) is 5.75 Å². The Morgan fingerprint density at radius 2 is 1.76 bits per heavy atom. The molecule has 1 aromatic carbocycles. The van der Waals surface area contributed by atoms with Crippen LogP contribution in [0.15, 0.2) is 18.2 Å². The largest absolute Gasteiger partial charge is 0.496 e. The number of β-amino-alcohol motifs (C(OH)–C–C–N with tert-alkyl or cyclic N) is 1. The molecule has 1 aromatic rings. The maximum atomic E-state index is 10.9. The van der Waals surface area contributed by atoms with E-state index in [1.807, 2.05) is 6.07 Å². The van der Waals surface area contributed by atoms with Gasteiger partial charge in [-0.15, -0.1) is 0 Å². The van der Waals surface area contributed by atoms with E-state index in [1.165, 1.54) is 18.4 Å². The van der Waals surface area contributed by atoms with Gasteiger partial charge in [0.15, 0.2) is 0 Å². The number of hydrogen-bond donors (Lipinski definition) is 1. The smallest absolute Gasteiger partial charge is 0.124 e. The van der Waals surface area contributed by atoms with Gasteiger partial charge in [0, 0.05) is 38.9 Å². The van der Waals surface area contributed by atoms with E-state index in [9.17, 15) is 5.11 Å². The third-order valence-corrected chi connectivity index (χ3v) is 5.55. The van der Waals surface area contributed by atoms with Crippen molar-refractivity contribution in [2.24, 2.45) is 0 Å². The van der Waals surface area contributed by atoms with Gasteiger partial charge in [0.2, 0.25) is 0 Å². The molecule has 2 fully saturated rings. The van der Waals surface area contributed by atoms with Crippen LogP contribution in [0.2, 0.25) is 0 Å². The van der Waals surface area contributed by atoms with Crippen LogP contribution in [0.25, 0.3) is 0 Å². The predicted molar refractivity (Wildman–Crippen MR) is 98.8 cm³/mol. The molecule has 0 atom stereocenters. The minimum Gasteiger partial charge on any atom is -0.496 e. The first-order chi connectivity index (χ1) is 12.1. The number of rotatable bonds is 7. The van der Waals surface area contributed by atoms with Crippen molar-refractivity contribution < 1.29 is 14.6 Å². The SMILES string of the molecule is COCc1cc(CN2CCC(O)(CN3CCCC3)CC2)ccc1OC. The molecule has 2 aliphatic heterocycles. The van der Waals surface area contributed by atoms with Crippen molar-refractivity contribution in [2.75, 3.05) is 46.9 Å². The van der Waals surface area contributed by atoms with Gasteiger partial charge in [0.25, 0.3) is 0 Å². The molecule has 0 saturated carbocycles. The molecule has 1 N–H and O–H groups in total. The van der Waals surface area contributed by atoms with Gasteiger partial charge in [0.05, 0.1) is 19.3 Å². The maximum Gasteiger partial charge on any atom is 0.124 e. The fourth-order valence-electron chi connectivity index (χ4n) is 4.10. The predicted octanol–water partition coefficient (Wildman–Crippen LogP) is 2.26. The monoisotopic (exact) mass is 348 g/mol. The number of nitrogens with zero attached hydrogens (tertiary/aromatic N) is 2. The summed E-state index contributed by atoms with van der Waals surface area (Å²) in [6, 6.07) is 6.33.